The molecule has 0 bridgehead atoms. The van der Waals surface area contributed by atoms with E-state index in [1.807, 2.05) is 20.8 Å². The van der Waals surface area contributed by atoms with Gasteiger partial charge in [0.2, 0.25) is 0 Å². The van der Waals surface area contributed by atoms with Crippen LogP contribution in [-0.4, -0.2) is 31.8 Å². The second-order valence-electron chi connectivity index (χ2n) is 4.82. The number of nitrogens with one attached hydrogen (secondary N) is 1. The molecule has 1 aromatic carbocycles. The molecule has 4 heteroatoms. The lowest BCUT2D eigenvalue weighted by atomic mass is 10.1. The Labute approximate surface area is 107 Å². The van der Waals surface area contributed by atoms with Crippen LogP contribution in [0.1, 0.15) is 16.7 Å². The molecule has 1 fully saturated rings. The number of rotatable bonds is 4. The molecular formula is C14H19NO3. The predicted octanol–water partition coefficient (Wildman–Crippen LogP) is 1.51. The van der Waals surface area contributed by atoms with E-state index in [0.717, 1.165) is 16.9 Å². The summed E-state index contributed by atoms with van der Waals surface area (Å²) in [4.78, 5) is 11.6. The van der Waals surface area contributed by atoms with Crippen molar-refractivity contribution in [1.29, 1.82) is 0 Å². The number of hydrogen-bond donors (Lipinski definition) is 1. The summed E-state index contributed by atoms with van der Waals surface area (Å²) in [7, 11) is 0. The van der Waals surface area contributed by atoms with Gasteiger partial charge in [-0.25, -0.2) is 0 Å². The lowest BCUT2D eigenvalue weighted by molar-refractivity contribution is -0.127. The highest BCUT2D eigenvalue weighted by atomic mass is 16.5. The van der Waals surface area contributed by atoms with Gasteiger partial charge in [0.05, 0.1) is 19.3 Å². The highest BCUT2D eigenvalue weighted by Crippen LogP contribution is 2.24. The van der Waals surface area contributed by atoms with Gasteiger partial charge in [-0.1, -0.05) is 17.7 Å². The van der Waals surface area contributed by atoms with Crippen molar-refractivity contribution in [2.75, 3.05) is 19.8 Å². The molecule has 0 radical (unpaired) electrons. The maximum atomic E-state index is 11.6. The number of amides is 1. The van der Waals surface area contributed by atoms with E-state index in [4.69, 9.17) is 9.47 Å². The van der Waals surface area contributed by atoms with Crippen molar-refractivity contribution in [2.45, 2.75) is 26.8 Å². The topological polar surface area (TPSA) is 47.6 Å². The lowest BCUT2D eigenvalue weighted by Crippen LogP contribution is -2.49. The molecule has 0 aliphatic carbocycles. The van der Waals surface area contributed by atoms with Gasteiger partial charge in [0.15, 0.2) is 6.61 Å². The Morgan fingerprint density at radius 1 is 1.33 bits per heavy atom. The fourth-order valence-corrected chi connectivity index (χ4v) is 2.12. The van der Waals surface area contributed by atoms with E-state index in [2.05, 4.69) is 17.4 Å². The zero-order valence-electron chi connectivity index (χ0n) is 11.1. The minimum Gasteiger partial charge on any atom is -0.483 e. The van der Waals surface area contributed by atoms with Gasteiger partial charge in [-0.3, -0.25) is 4.79 Å². The number of hydrogen-bond acceptors (Lipinski definition) is 3. The number of aryl methyl sites for hydroxylation is 3. The van der Waals surface area contributed by atoms with E-state index in [1.165, 1.54) is 5.56 Å². The number of ether oxygens (including phenoxy) is 2. The third-order valence-electron chi connectivity index (χ3n) is 2.96. The standard InChI is InChI=1S/C14H19NO3/c1-9-4-10(2)14(11(3)5-9)18-8-13(16)15-12-6-17-7-12/h4-5,12H,6-8H2,1-3H3,(H,15,16). The van der Waals surface area contributed by atoms with Crippen molar-refractivity contribution in [3.8, 4) is 5.75 Å². The molecule has 1 aromatic rings. The molecule has 1 aliphatic heterocycles. The quantitative estimate of drug-likeness (QED) is 0.879. The van der Waals surface area contributed by atoms with Crippen LogP contribution in [0.5, 0.6) is 5.75 Å². The first-order valence-corrected chi connectivity index (χ1v) is 6.14. The minimum absolute atomic E-state index is 0.0568. The van der Waals surface area contributed by atoms with E-state index in [9.17, 15) is 4.79 Å². The molecule has 1 saturated heterocycles. The van der Waals surface area contributed by atoms with Crippen LogP contribution < -0.4 is 10.1 Å². The monoisotopic (exact) mass is 249 g/mol. The SMILES string of the molecule is Cc1cc(C)c(OCC(=O)NC2COC2)c(C)c1. The molecule has 0 atom stereocenters. The molecule has 0 unspecified atom stereocenters. The van der Waals surface area contributed by atoms with Crippen molar-refractivity contribution >= 4 is 5.91 Å². The molecule has 98 valence electrons. The summed E-state index contributed by atoms with van der Waals surface area (Å²) in [5, 5.41) is 2.85. The second-order valence-corrected chi connectivity index (χ2v) is 4.82. The van der Waals surface area contributed by atoms with Gasteiger partial charge in [0, 0.05) is 0 Å². The Bertz CT molecular complexity index is 429. The zero-order valence-corrected chi connectivity index (χ0v) is 11.1. The molecule has 0 aromatic heterocycles. The van der Waals surface area contributed by atoms with Crippen LogP contribution in [0.25, 0.3) is 0 Å². The fourth-order valence-electron chi connectivity index (χ4n) is 2.12. The second kappa shape index (κ2) is 5.40. The third-order valence-corrected chi connectivity index (χ3v) is 2.96. The fraction of sp³-hybridized carbons (Fsp3) is 0.500. The van der Waals surface area contributed by atoms with Crippen LogP contribution in [0, 0.1) is 20.8 Å². The van der Waals surface area contributed by atoms with Gasteiger partial charge in [0.1, 0.15) is 5.75 Å². The maximum absolute atomic E-state index is 11.6. The summed E-state index contributed by atoms with van der Waals surface area (Å²) in [5.41, 5.74) is 3.33. The molecule has 1 aliphatic rings. The van der Waals surface area contributed by atoms with Crippen molar-refractivity contribution < 1.29 is 14.3 Å². The molecule has 1 amide bonds. The molecule has 0 saturated carbocycles. The minimum atomic E-state index is -0.0947. The van der Waals surface area contributed by atoms with Crippen LogP contribution in [0.3, 0.4) is 0 Å². The van der Waals surface area contributed by atoms with E-state index >= 15 is 0 Å². The number of carbonyl (C=O) groups is 1. The normalized spacial score (nSPS) is 15.1. The van der Waals surface area contributed by atoms with E-state index in [1.54, 1.807) is 0 Å². The zero-order chi connectivity index (χ0) is 13.1. The average Bonchev–Trinajstić information content (AvgIpc) is 2.22. The van der Waals surface area contributed by atoms with E-state index < -0.39 is 0 Å². The summed E-state index contributed by atoms with van der Waals surface area (Å²) < 4.78 is 10.6. The predicted molar refractivity (Wildman–Crippen MR) is 68.9 cm³/mol. The van der Waals surface area contributed by atoms with Crippen LogP contribution in [0.4, 0.5) is 0 Å². The molecule has 0 spiro atoms. The van der Waals surface area contributed by atoms with E-state index in [-0.39, 0.29) is 18.6 Å². The number of carbonyl (C=O) groups excluding carboxylic acids is 1. The van der Waals surface area contributed by atoms with Gasteiger partial charge >= 0.3 is 0 Å². The average molecular weight is 249 g/mol. The van der Waals surface area contributed by atoms with Crippen LogP contribution in [-0.2, 0) is 9.53 Å². The van der Waals surface area contributed by atoms with Gasteiger partial charge in [-0.2, -0.15) is 0 Å². The lowest BCUT2D eigenvalue weighted by Gasteiger charge is -2.26. The summed E-state index contributed by atoms with van der Waals surface area (Å²) in [5.74, 6) is 0.711. The highest BCUT2D eigenvalue weighted by molar-refractivity contribution is 5.78. The van der Waals surface area contributed by atoms with Crippen LogP contribution in [0.2, 0.25) is 0 Å². The van der Waals surface area contributed by atoms with Crippen molar-refractivity contribution in [3.63, 3.8) is 0 Å². The Balaban J connectivity index is 1.91. The van der Waals surface area contributed by atoms with E-state index in [0.29, 0.717) is 13.2 Å². The summed E-state index contributed by atoms with van der Waals surface area (Å²) in [6.07, 6.45) is 0. The van der Waals surface area contributed by atoms with Gasteiger partial charge in [-0.15, -0.1) is 0 Å². The van der Waals surface area contributed by atoms with Crippen LogP contribution in [0.15, 0.2) is 12.1 Å². The van der Waals surface area contributed by atoms with Crippen molar-refractivity contribution in [2.24, 2.45) is 0 Å². The Morgan fingerprint density at radius 3 is 2.44 bits per heavy atom. The number of benzene rings is 1. The van der Waals surface area contributed by atoms with Crippen LogP contribution >= 0.6 is 0 Å². The molecule has 1 N–H and O–H groups in total. The molecule has 4 nitrogen and oxygen atoms in total. The summed E-state index contributed by atoms with van der Waals surface area (Å²) in [6.45, 7) is 7.30. The molecule has 1 heterocycles. The first-order chi connectivity index (χ1) is 8.56. The maximum Gasteiger partial charge on any atom is 0.258 e. The first kappa shape index (κ1) is 12.9. The Morgan fingerprint density at radius 2 is 1.94 bits per heavy atom. The highest BCUT2D eigenvalue weighted by Gasteiger charge is 2.20. The summed E-state index contributed by atoms with van der Waals surface area (Å²) in [6, 6.07) is 4.27. The molecule has 2 rings (SSSR count). The third kappa shape index (κ3) is 3.01. The smallest absolute Gasteiger partial charge is 0.258 e. The molecule has 18 heavy (non-hydrogen) atoms. The van der Waals surface area contributed by atoms with Crippen molar-refractivity contribution in [3.05, 3.63) is 28.8 Å². The molecular weight excluding hydrogens is 230 g/mol. The van der Waals surface area contributed by atoms with Gasteiger partial charge in [0.25, 0.3) is 5.91 Å². The van der Waals surface area contributed by atoms with Gasteiger partial charge in [-0.05, 0) is 31.9 Å². The Hall–Kier alpha value is -1.55. The Kier molecular flexibility index (Phi) is 3.87. The largest absolute Gasteiger partial charge is 0.483 e. The van der Waals surface area contributed by atoms with Gasteiger partial charge < -0.3 is 14.8 Å². The first-order valence-electron chi connectivity index (χ1n) is 6.14. The summed E-state index contributed by atoms with van der Waals surface area (Å²) >= 11 is 0. The van der Waals surface area contributed by atoms with Crippen molar-refractivity contribution in [1.82, 2.24) is 5.32 Å².